The van der Waals surface area contributed by atoms with Crippen molar-refractivity contribution in [3.63, 3.8) is 0 Å². The van der Waals surface area contributed by atoms with Gasteiger partial charge in [0.05, 0.1) is 12.1 Å². The Labute approximate surface area is 326 Å². The first-order valence-electron chi connectivity index (χ1n) is 16.7. The van der Waals surface area contributed by atoms with Gasteiger partial charge in [-0.3, -0.25) is 24.1 Å². The second-order valence-corrected chi connectivity index (χ2v) is 14.5. The highest BCUT2D eigenvalue weighted by Gasteiger charge is 2.37. The Hall–Kier alpha value is -5.29. The third kappa shape index (κ3) is 12.9. The minimum Gasteiger partial charge on any atom is -0.457 e. The van der Waals surface area contributed by atoms with Gasteiger partial charge in [-0.2, -0.15) is 26.3 Å². The van der Waals surface area contributed by atoms with Gasteiger partial charge < -0.3 is 9.47 Å². The summed E-state index contributed by atoms with van der Waals surface area (Å²) in [7, 11) is 1.30. The van der Waals surface area contributed by atoms with E-state index in [1.807, 2.05) is 6.92 Å². The Kier molecular flexibility index (Phi) is 14.4. The summed E-state index contributed by atoms with van der Waals surface area (Å²) in [5.74, 6) is 0.309. The van der Waals surface area contributed by atoms with Crippen molar-refractivity contribution >= 4 is 58.6 Å². The zero-order chi connectivity index (χ0) is 41.4. The Balaban J connectivity index is 0.000000249. The molecular weight excluding hydrogens is 787 g/mol. The standard InChI is InChI=1S/C20H19F3O3S.C19H15F3N2O4S/c1-3-15(24)12-16(25)11-14-4-9-19(13(2)10-14)26-17-5-7-18(8-6-17)27-20(21,22)23;1-11-9-12(24-17(26)10-16(25)23(2)18(24)27)3-8-15(11)28-13-4-6-14(7-5-13)29-19(20,21)22/h4-10H,3,11-12H2,1-2H3;3-9H,10H2,1-2H3. The molecule has 0 radical (unpaired) electrons. The van der Waals surface area contributed by atoms with Crippen molar-refractivity contribution in [1.82, 2.24) is 4.90 Å². The van der Waals surface area contributed by atoms with E-state index >= 15 is 0 Å². The predicted molar refractivity (Wildman–Crippen MR) is 198 cm³/mol. The monoisotopic (exact) mass is 820 g/mol. The van der Waals surface area contributed by atoms with Crippen LogP contribution in [0.4, 0.5) is 36.8 Å². The van der Waals surface area contributed by atoms with Crippen molar-refractivity contribution in [3.8, 4) is 23.0 Å². The van der Waals surface area contributed by atoms with Gasteiger partial charge in [-0.1, -0.05) is 19.1 Å². The average molecular weight is 821 g/mol. The maximum absolute atomic E-state index is 12.4. The molecule has 1 aliphatic heterocycles. The number of thioether (sulfide) groups is 2. The maximum atomic E-state index is 12.4. The van der Waals surface area contributed by atoms with Crippen molar-refractivity contribution in [2.75, 3.05) is 11.9 Å². The van der Waals surface area contributed by atoms with E-state index in [9.17, 15) is 50.3 Å². The number of alkyl halides is 6. The van der Waals surface area contributed by atoms with Crippen molar-refractivity contribution in [2.45, 2.75) is 67.3 Å². The second-order valence-electron chi connectivity index (χ2n) is 12.2. The molecule has 0 saturated carbocycles. The maximum Gasteiger partial charge on any atom is 0.446 e. The van der Waals surface area contributed by atoms with Crippen LogP contribution in [-0.4, -0.2) is 52.4 Å². The van der Waals surface area contributed by atoms with Gasteiger partial charge in [0.25, 0.3) is 0 Å². The lowest BCUT2D eigenvalue weighted by Crippen LogP contribution is -2.53. The first-order chi connectivity index (χ1) is 26.2. The van der Waals surface area contributed by atoms with Gasteiger partial charge in [0, 0.05) is 29.7 Å². The van der Waals surface area contributed by atoms with E-state index in [1.54, 1.807) is 44.2 Å². The fourth-order valence-corrected chi connectivity index (χ4v) is 6.15. The number of nitrogens with zero attached hydrogens (tertiary/aromatic N) is 2. The van der Waals surface area contributed by atoms with E-state index in [0.29, 0.717) is 40.7 Å². The molecule has 0 bridgehead atoms. The van der Waals surface area contributed by atoms with Gasteiger partial charge in [0.2, 0.25) is 11.8 Å². The number of hydrogen-bond donors (Lipinski definition) is 0. The van der Waals surface area contributed by atoms with Crippen molar-refractivity contribution < 1.29 is 59.8 Å². The molecule has 0 atom stereocenters. The number of Topliss-reactive ketones (excluding diaryl/α,β-unsaturated/α-hetero) is 2. The molecule has 0 aliphatic carbocycles. The summed E-state index contributed by atoms with van der Waals surface area (Å²) >= 11 is -0.395. The SMILES string of the molecule is CCC(=O)CC(=O)Cc1ccc(Oc2ccc(SC(F)(F)F)cc2)c(C)c1.Cc1cc(N2C(=O)CC(=O)N(C)C2=O)ccc1Oc1ccc(SC(F)(F)F)cc1. The number of hydrogen-bond acceptors (Lipinski definition) is 9. The number of halogens is 6. The molecule has 1 heterocycles. The van der Waals surface area contributed by atoms with E-state index in [-0.39, 0.29) is 57.7 Å². The van der Waals surface area contributed by atoms with Crippen LogP contribution in [0.15, 0.2) is 94.7 Å². The molecule has 0 aromatic heterocycles. The molecule has 4 aromatic rings. The van der Waals surface area contributed by atoms with Crippen LogP contribution in [0.3, 0.4) is 0 Å². The van der Waals surface area contributed by atoms with Crippen LogP contribution in [0.25, 0.3) is 0 Å². The fourth-order valence-electron chi connectivity index (χ4n) is 5.08. The summed E-state index contributed by atoms with van der Waals surface area (Å²) in [6.45, 7) is 5.23. The zero-order valence-corrected chi connectivity index (χ0v) is 31.9. The van der Waals surface area contributed by atoms with E-state index in [2.05, 4.69) is 0 Å². The zero-order valence-electron chi connectivity index (χ0n) is 30.2. The molecule has 9 nitrogen and oxygen atoms in total. The molecule has 1 fully saturated rings. The first kappa shape index (κ1) is 43.4. The first-order valence-corrected chi connectivity index (χ1v) is 18.3. The van der Waals surface area contributed by atoms with Crippen LogP contribution in [0, 0.1) is 13.8 Å². The number of barbiturate groups is 1. The molecule has 4 amide bonds. The summed E-state index contributed by atoms with van der Waals surface area (Å²) in [6.07, 6.45) is 0.0615. The van der Waals surface area contributed by atoms with Gasteiger partial charge in [-0.15, -0.1) is 0 Å². The van der Waals surface area contributed by atoms with E-state index < -0.39 is 35.3 Å². The highest BCUT2D eigenvalue weighted by atomic mass is 32.2. The number of aryl methyl sites for hydroxylation is 2. The molecule has 296 valence electrons. The van der Waals surface area contributed by atoms with E-state index in [0.717, 1.165) is 20.9 Å². The number of carbonyl (C=O) groups is 5. The molecular formula is C39H34F6N2O7S2. The molecule has 0 spiro atoms. The summed E-state index contributed by atoms with van der Waals surface area (Å²) in [5, 5.41) is 0. The fraction of sp³-hybridized carbons (Fsp3) is 0.256. The summed E-state index contributed by atoms with van der Waals surface area (Å²) in [4.78, 5) is 61.1. The van der Waals surface area contributed by atoms with Gasteiger partial charge in [0.15, 0.2) is 0 Å². The molecule has 0 N–H and O–H groups in total. The number of anilines is 1. The van der Waals surface area contributed by atoms with Crippen LogP contribution in [0.1, 0.15) is 42.9 Å². The molecule has 56 heavy (non-hydrogen) atoms. The normalized spacial score (nSPS) is 13.3. The number of rotatable bonds is 12. The minimum absolute atomic E-state index is 0.0395. The van der Waals surface area contributed by atoms with Crippen molar-refractivity contribution in [2.24, 2.45) is 0 Å². The largest absolute Gasteiger partial charge is 0.457 e. The topological polar surface area (TPSA) is 110 Å². The van der Waals surface area contributed by atoms with Gasteiger partial charge in [0.1, 0.15) is 41.0 Å². The molecule has 0 unspecified atom stereocenters. The lowest BCUT2D eigenvalue weighted by atomic mass is 10.0. The number of urea groups is 1. The third-order valence-corrected chi connectivity index (χ3v) is 9.30. The number of imide groups is 2. The number of carbonyl (C=O) groups excluding carboxylic acids is 5. The molecule has 1 saturated heterocycles. The van der Waals surface area contributed by atoms with Crippen LogP contribution < -0.4 is 14.4 Å². The number of ketones is 2. The summed E-state index contributed by atoms with van der Waals surface area (Å²) in [6, 6.07) is 20.2. The molecule has 5 rings (SSSR count). The number of benzene rings is 4. The van der Waals surface area contributed by atoms with Gasteiger partial charge in [-0.25, -0.2) is 9.69 Å². The second kappa shape index (κ2) is 18.6. The molecule has 17 heteroatoms. The number of amides is 4. The van der Waals surface area contributed by atoms with Crippen LogP contribution in [0.2, 0.25) is 0 Å². The Morgan fingerprint density at radius 1 is 0.679 bits per heavy atom. The Morgan fingerprint density at radius 2 is 1.16 bits per heavy atom. The summed E-state index contributed by atoms with van der Waals surface area (Å²) < 4.78 is 85.6. The Morgan fingerprint density at radius 3 is 1.61 bits per heavy atom. The summed E-state index contributed by atoms with van der Waals surface area (Å²) in [5.41, 5.74) is -6.23. The average Bonchev–Trinajstić information content (AvgIpc) is 3.10. The van der Waals surface area contributed by atoms with Gasteiger partial charge >= 0.3 is 17.0 Å². The van der Waals surface area contributed by atoms with Crippen LogP contribution in [-0.2, 0) is 25.6 Å². The lowest BCUT2D eigenvalue weighted by Gasteiger charge is -2.30. The Bertz CT molecular complexity index is 2090. The predicted octanol–water partition coefficient (Wildman–Crippen LogP) is 10.6. The third-order valence-electron chi connectivity index (χ3n) is 7.82. The minimum atomic E-state index is -4.36. The number of ether oxygens (including phenoxy) is 2. The van der Waals surface area contributed by atoms with Crippen molar-refractivity contribution in [3.05, 3.63) is 102 Å². The smallest absolute Gasteiger partial charge is 0.446 e. The van der Waals surface area contributed by atoms with Crippen LogP contribution >= 0.6 is 23.5 Å². The van der Waals surface area contributed by atoms with Gasteiger partial charge in [-0.05, 0) is 127 Å². The molecule has 1 aliphatic rings. The quantitative estimate of drug-likeness (QED) is 0.0783. The molecule has 4 aromatic carbocycles. The lowest BCUT2D eigenvalue weighted by molar-refractivity contribution is -0.134. The highest BCUT2D eigenvalue weighted by molar-refractivity contribution is 8.00. The highest BCUT2D eigenvalue weighted by Crippen LogP contribution is 2.39. The van der Waals surface area contributed by atoms with E-state index in [1.165, 1.54) is 61.6 Å². The van der Waals surface area contributed by atoms with E-state index in [4.69, 9.17) is 9.47 Å². The van der Waals surface area contributed by atoms with Crippen molar-refractivity contribution in [1.29, 1.82) is 0 Å². The van der Waals surface area contributed by atoms with Crippen LogP contribution in [0.5, 0.6) is 23.0 Å².